The Morgan fingerprint density at radius 1 is 1.27 bits per heavy atom. The summed E-state index contributed by atoms with van der Waals surface area (Å²) in [6, 6.07) is -0.171. The highest BCUT2D eigenvalue weighted by Gasteiger charge is 2.50. The molecule has 11 heteroatoms. The zero-order valence-corrected chi connectivity index (χ0v) is 19.3. The fourth-order valence-electron chi connectivity index (χ4n) is 3.67. The summed E-state index contributed by atoms with van der Waals surface area (Å²) < 4.78 is 45.0. The van der Waals surface area contributed by atoms with E-state index in [0.717, 1.165) is 11.0 Å². The number of hydrogen-bond donors (Lipinski definition) is 2. The van der Waals surface area contributed by atoms with E-state index in [2.05, 4.69) is 10.6 Å². The van der Waals surface area contributed by atoms with Gasteiger partial charge in [0.25, 0.3) is 5.91 Å². The molecule has 2 N–H and O–H groups in total. The van der Waals surface area contributed by atoms with Crippen molar-refractivity contribution in [3.8, 4) is 5.75 Å². The number of amides is 3. The second-order valence-corrected chi connectivity index (χ2v) is 9.22. The van der Waals surface area contributed by atoms with E-state index < -0.39 is 58.6 Å². The normalized spacial score (nSPS) is 20.6. The molecule has 2 heterocycles. The first-order chi connectivity index (χ1) is 15.3. The number of hydrogen-bond acceptors (Lipinski definition) is 6. The SMILES string of the molecule is C[C@@H](C(=O)N[C@@H]1C(=O)Nc2ccc(F)c(F)c2OC12CCOCC2)N(C)C(=O)OC(C)(C)C. The van der Waals surface area contributed by atoms with Gasteiger partial charge in [-0.05, 0) is 39.8 Å². The standard InChI is InChI=1S/C22H29F2N3O6/c1-12(27(5)20(30)33-21(2,3)4)18(28)26-17-19(29)25-14-7-6-13(23)15(24)16(14)32-22(17)8-10-31-11-9-22/h6-7,12,17H,8-11H2,1-5H3,(H,25,29)(H,26,28)/t12-,17+/m0/s1. The first kappa shape index (κ1) is 24.7. The van der Waals surface area contributed by atoms with Gasteiger partial charge in [-0.3, -0.25) is 14.5 Å². The molecule has 0 saturated carbocycles. The van der Waals surface area contributed by atoms with E-state index >= 15 is 0 Å². The Morgan fingerprint density at radius 2 is 1.91 bits per heavy atom. The van der Waals surface area contributed by atoms with Crippen LogP contribution in [0, 0.1) is 11.6 Å². The largest absolute Gasteiger partial charge is 0.479 e. The lowest BCUT2D eigenvalue weighted by atomic mass is 9.85. The minimum absolute atomic E-state index is 0.0413. The van der Waals surface area contributed by atoms with Gasteiger partial charge < -0.3 is 24.8 Å². The van der Waals surface area contributed by atoms with Crippen LogP contribution in [0.15, 0.2) is 12.1 Å². The van der Waals surface area contributed by atoms with Crippen molar-refractivity contribution >= 4 is 23.6 Å². The van der Waals surface area contributed by atoms with Crippen LogP contribution in [0.1, 0.15) is 40.5 Å². The number of likely N-dealkylation sites (N-methyl/N-ethyl adjacent to an activating group) is 1. The van der Waals surface area contributed by atoms with Gasteiger partial charge in [-0.1, -0.05) is 0 Å². The lowest BCUT2D eigenvalue weighted by Gasteiger charge is -2.41. The van der Waals surface area contributed by atoms with Crippen molar-refractivity contribution in [3.63, 3.8) is 0 Å². The highest BCUT2D eigenvalue weighted by molar-refractivity contribution is 6.00. The summed E-state index contributed by atoms with van der Waals surface area (Å²) in [5.41, 5.74) is -2.17. The predicted molar refractivity (Wildman–Crippen MR) is 114 cm³/mol. The van der Waals surface area contributed by atoms with Crippen molar-refractivity contribution in [2.75, 3.05) is 25.6 Å². The molecule has 182 valence electrons. The van der Waals surface area contributed by atoms with Gasteiger partial charge in [0, 0.05) is 19.9 Å². The topological polar surface area (TPSA) is 106 Å². The Kier molecular flexibility index (Phi) is 6.83. The average Bonchev–Trinajstić information content (AvgIpc) is 2.85. The summed E-state index contributed by atoms with van der Waals surface area (Å²) in [5, 5.41) is 5.15. The molecule has 1 aromatic rings. The molecule has 9 nitrogen and oxygen atoms in total. The summed E-state index contributed by atoms with van der Waals surface area (Å²) in [6.07, 6.45) is -0.411. The molecule has 2 aliphatic heterocycles. The minimum Gasteiger partial charge on any atom is -0.479 e. The second-order valence-electron chi connectivity index (χ2n) is 9.22. The first-order valence-electron chi connectivity index (χ1n) is 10.7. The van der Waals surface area contributed by atoms with Crippen molar-refractivity contribution in [3.05, 3.63) is 23.8 Å². The summed E-state index contributed by atoms with van der Waals surface area (Å²) in [7, 11) is 1.40. The van der Waals surface area contributed by atoms with E-state index in [1.54, 1.807) is 20.8 Å². The maximum Gasteiger partial charge on any atom is 0.410 e. The van der Waals surface area contributed by atoms with Crippen LogP contribution in [0.25, 0.3) is 0 Å². The van der Waals surface area contributed by atoms with Crippen molar-refractivity contribution in [2.24, 2.45) is 0 Å². The van der Waals surface area contributed by atoms with E-state index in [1.165, 1.54) is 20.0 Å². The fourth-order valence-corrected chi connectivity index (χ4v) is 3.67. The molecule has 0 unspecified atom stereocenters. The Balaban J connectivity index is 1.87. The Hall–Kier alpha value is -2.95. The lowest BCUT2D eigenvalue weighted by Crippen LogP contribution is -2.64. The third-order valence-electron chi connectivity index (χ3n) is 5.67. The lowest BCUT2D eigenvalue weighted by molar-refractivity contribution is -0.138. The van der Waals surface area contributed by atoms with Gasteiger partial charge in [0.05, 0.1) is 18.9 Å². The number of ether oxygens (including phenoxy) is 3. The number of anilines is 1. The maximum atomic E-state index is 14.5. The van der Waals surface area contributed by atoms with Crippen molar-refractivity contribution in [2.45, 2.75) is 63.8 Å². The van der Waals surface area contributed by atoms with Gasteiger partial charge >= 0.3 is 6.09 Å². The number of benzene rings is 1. The smallest absolute Gasteiger partial charge is 0.410 e. The molecule has 0 radical (unpaired) electrons. The molecule has 1 aromatic carbocycles. The average molecular weight is 469 g/mol. The number of carbonyl (C=O) groups is 3. The number of nitrogens with zero attached hydrogens (tertiary/aromatic N) is 1. The Bertz CT molecular complexity index is 943. The molecule has 1 spiro atoms. The minimum atomic E-state index is -1.37. The number of halogens is 2. The van der Waals surface area contributed by atoms with E-state index in [9.17, 15) is 23.2 Å². The summed E-state index contributed by atoms with van der Waals surface area (Å²) in [4.78, 5) is 39.6. The van der Waals surface area contributed by atoms with Crippen LogP contribution in [0.5, 0.6) is 5.75 Å². The number of carbonyl (C=O) groups excluding carboxylic acids is 3. The number of rotatable bonds is 3. The highest BCUT2D eigenvalue weighted by Crippen LogP contribution is 2.40. The van der Waals surface area contributed by atoms with Gasteiger partial charge in [0.15, 0.2) is 11.6 Å². The molecule has 3 amide bonds. The molecule has 1 fully saturated rings. The molecule has 33 heavy (non-hydrogen) atoms. The van der Waals surface area contributed by atoms with Crippen LogP contribution in [-0.4, -0.2) is 66.4 Å². The van der Waals surface area contributed by atoms with Crippen LogP contribution in [-0.2, 0) is 19.1 Å². The van der Waals surface area contributed by atoms with Crippen LogP contribution < -0.4 is 15.4 Å². The van der Waals surface area contributed by atoms with Crippen LogP contribution in [0.4, 0.5) is 19.3 Å². The van der Waals surface area contributed by atoms with Crippen LogP contribution in [0.2, 0.25) is 0 Å². The summed E-state index contributed by atoms with van der Waals surface area (Å²) in [6.45, 7) is 6.97. The van der Waals surface area contributed by atoms with Gasteiger partial charge in [0.2, 0.25) is 11.7 Å². The number of nitrogens with one attached hydrogen (secondary N) is 2. The molecule has 0 aromatic heterocycles. The molecular formula is C22H29F2N3O6. The van der Waals surface area contributed by atoms with Gasteiger partial charge in [-0.25, -0.2) is 9.18 Å². The fraction of sp³-hybridized carbons (Fsp3) is 0.591. The highest BCUT2D eigenvalue weighted by atomic mass is 19.2. The van der Waals surface area contributed by atoms with Gasteiger partial charge in [-0.15, -0.1) is 0 Å². The number of fused-ring (bicyclic) bond motifs is 1. The monoisotopic (exact) mass is 469 g/mol. The van der Waals surface area contributed by atoms with Crippen LogP contribution >= 0.6 is 0 Å². The Morgan fingerprint density at radius 3 is 2.52 bits per heavy atom. The van der Waals surface area contributed by atoms with E-state index in [4.69, 9.17) is 14.2 Å². The molecular weight excluding hydrogens is 440 g/mol. The van der Waals surface area contributed by atoms with Crippen molar-refractivity contribution in [1.29, 1.82) is 0 Å². The molecule has 0 bridgehead atoms. The van der Waals surface area contributed by atoms with E-state index in [-0.39, 0.29) is 31.7 Å². The molecule has 2 atom stereocenters. The van der Waals surface area contributed by atoms with Crippen molar-refractivity contribution < 1.29 is 37.4 Å². The second kappa shape index (κ2) is 9.12. The molecule has 1 saturated heterocycles. The van der Waals surface area contributed by atoms with Gasteiger partial charge in [0.1, 0.15) is 23.3 Å². The maximum absolute atomic E-state index is 14.5. The quantitative estimate of drug-likeness (QED) is 0.705. The summed E-state index contributed by atoms with van der Waals surface area (Å²) in [5.74, 6) is -4.08. The molecule has 2 aliphatic rings. The van der Waals surface area contributed by atoms with Gasteiger partial charge in [-0.2, -0.15) is 4.39 Å². The Labute approximate surface area is 190 Å². The predicted octanol–water partition coefficient (Wildman–Crippen LogP) is 2.59. The van der Waals surface area contributed by atoms with E-state index in [0.29, 0.717) is 0 Å². The first-order valence-corrected chi connectivity index (χ1v) is 10.7. The van der Waals surface area contributed by atoms with E-state index in [1.807, 2.05) is 0 Å². The zero-order valence-electron chi connectivity index (χ0n) is 19.3. The summed E-state index contributed by atoms with van der Waals surface area (Å²) >= 11 is 0. The third-order valence-corrected chi connectivity index (χ3v) is 5.67. The van der Waals surface area contributed by atoms with Crippen LogP contribution in [0.3, 0.4) is 0 Å². The zero-order chi connectivity index (χ0) is 24.6. The molecule has 0 aliphatic carbocycles. The molecule has 3 rings (SSSR count). The van der Waals surface area contributed by atoms with Crippen molar-refractivity contribution in [1.82, 2.24) is 10.2 Å². The third kappa shape index (κ3) is 5.18.